The summed E-state index contributed by atoms with van der Waals surface area (Å²) in [6.07, 6.45) is -0.820. The number of nitrogens with one attached hydrogen (secondary N) is 1. The van der Waals surface area contributed by atoms with Crippen molar-refractivity contribution in [2.24, 2.45) is 0 Å². The molecule has 0 saturated carbocycles. The van der Waals surface area contributed by atoms with E-state index < -0.39 is 11.0 Å². The molecule has 3 rings (SSSR count). The van der Waals surface area contributed by atoms with E-state index in [4.69, 9.17) is 0 Å². The molecule has 2 N–H and O–H groups in total. The summed E-state index contributed by atoms with van der Waals surface area (Å²) in [6, 6.07) is 12.0. The van der Waals surface area contributed by atoms with Crippen LogP contribution in [0.5, 0.6) is 0 Å². The minimum Gasteiger partial charge on any atom is -0.387 e. The topological polar surface area (TPSA) is 92.5 Å². The Morgan fingerprint density at radius 2 is 2.08 bits per heavy atom. The van der Waals surface area contributed by atoms with Crippen molar-refractivity contribution < 1.29 is 14.8 Å². The molecule has 0 fully saturated rings. The van der Waals surface area contributed by atoms with Gasteiger partial charge in [0.05, 0.1) is 11.0 Å². The molecule has 1 unspecified atom stereocenters. The Balaban J connectivity index is 1.69. The maximum Gasteiger partial charge on any atom is 0.272 e. The molecule has 7 heteroatoms. The van der Waals surface area contributed by atoms with Gasteiger partial charge in [0.15, 0.2) is 0 Å². The molecule has 2 aromatic carbocycles. The average molecular weight is 356 g/mol. The van der Waals surface area contributed by atoms with Crippen LogP contribution in [0.1, 0.15) is 27.6 Å². The maximum absolute atomic E-state index is 12.2. The van der Waals surface area contributed by atoms with E-state index in [2.05, 4.69) is 5.32 Å². The number of nitro groups is 1. The molecule has 0 spiro atoms. The van der Waals surface area contributed by atoms with Gasteiger partial charge in [0.25, 0.3) is 11.6 Å². The Kier molecular flexibility index (Phi) is 4.78. The van der Waals surface area contributed by atoms with Crippen LogP contribution in [0.3, 0.4) is 0 Å². The first-order valence-electron chi connectivity index (χ1n) is 7.65. The van der Waals surface area contributed by atoms with Crippen LogP contribution in [0.15, 0.2) is 47.8 Å². The fourth-order valence-electron chi connectivity index (χ4n) is 2.66. The molecule has 0 aliphatic rings. The molecule has 0 bridgehead atoms. The van der Waals surface area contributed by atoms with E-state index in [-0.39, 0.29) is 18.1 Å². The number of hydrogen-bond donors (Lipinski definition) is 2. The molecule has 1 atom stereocenters. The van der Waals surface area contributed by atoms with Crippen molar-refractivity contribution in [2.75, 3.05) is 6.54 Å². The number of benzene rings is 2. The zero-order chi connectivity index (χ0) is 18.0. The Bertz CT molecular complexity index is 951. The highest BCUT2D eigenvalue weighted by Crippen LogP contribution is 2.30. The predicted molar refractivity (Wildman–Crippen MR) is 97.0 cm³/mol. The third-order valence-electron chi connectivity index (χ3n) is 3.98. The first kappa shape index (κ1) is 17.1. The zero-order valence-corrected chi connectivity index (χ0v) is 14.2. The number of carbonyl (C=O) groups excluding carboxylic acids is 1. The summed E-state index contributed by atoms with van der Waals surface area (Å²) in [4.78, 5) is 22.6. The quantitative estimate of drug-likeness (QED) is 0.540. The van der Waals surface area contributed by atoms with Gasteiger partial charge in [0.1, 0.15) is 0 Å². The molecule has 0 aliphatic heterocycles. The van der Waals surface area contributed by atoms with Crippen LogP contribution in [0.25, 0.3) is 10.1 Å². The number of fused-ring (bicyclic) bond motifs is 1. The Labute approximate surface area is 147 Å². The Morgan fingerprint density at radius 1 is 1.32 bits per heavy atom. The first-order chi connectivity index (χ1) is 12.0. The number of carbonyl (C=O) groups is 1. The minimum absolute atomic E-state index is 0.0265. The van der Waals surface area contributed by atoms with Gasteiger partial charge in [-0.1, -0.05) is 18.2 Å². The lowest BCUT2D eigenvalue weighted by Crippen LogP contribution is -2.28. The Morgan fingerprint density at radius 3 is 2.80 bits per heavy atom. The molecule has 25 heavy (non-hydrogen) atoms. The summed E-state index contributed by atoms with van der Waals surface area (Å²) in [7, 11) is 0. The summed E-state index contributed by atoms with van der Waals surface area (Å²) in [5, 5.41) is 26.7. The van der Waals surface area contributed by atoms with Crippen LogP contribution >= 0.6 is 11.3 Å². The highest BCUT2D eigenvalue weighted by molar-refractivity contribution is 7.17. The summed E-state index contributed by atoms with van der Waals surface area (Å²) < 4.78 is 1.08. The average Bonchev–Trinajstić information content (AvgIpc) is 3.03. The van der Waals surface area contributed by atoms with Gasteiger partial charge in [-0.3, -0.25) is 14.9 Å². The van der Waals surface area contributed by atoms with Crippen LogP contribution in [-0.2, 0) is 0 Å². The van der Waals surface area contributed by atoms with Crippen molar-refractivity contribution in [3.8, 4) is 0 Å². The van der Waals surface area contributed by atoms with Crippen LogP contribution < -0.4 is 5.32 Å². The number of rotatable bonds is 5. The second-order valence-corrected chi connectivity index (χ2v) is 6.58. The van der Waals surface area contributed by atoms with E-state index in [0.29, 0.717) is 11.1 Å². The van der Waals surface area contributed by atoms with Crippen molar-refractivity contribution >= 4 is 33.0 Å². The summed E-state index contributed by atoms with van der Waals surface area (Å²) in [5.74, 6) is -0.378. The van der Waals surface area contributed by atoms with Gasteiger partial charge in [-0.2, -0.15) is 0 Å². The number of nitro benzene ring substituents is 1. The normalized spacial score (nSPS) is 12.1. The number of thiophene rings is 1. The number of hydrogen-bond acceptors (Lipinski definition) is 5. The van der Waals surface area contributed by atoms with E-state index in [9.17, 15) is 20.0 Å². The standard InChI is InChI=1S/C18H16N2O4S/c1-11-8-12(6-7-15(11)20(23)24)18(22)19-9-16(21)14-10-25-17-5-3-2-4-13(14)17/h2-8,10,16,21H,9H2,1H3,(H,19,22). The third-order valence-corrected chi connectivity index (χ3v) is 4.96. The molecule has 3 aromatic rings. The molecular formula is C18H16N2O4S. The first-order valence-corrected chi connectivity index (χ1v) is 8.53. The highest BCUT2D eigenvalue weighted by atomic mass is 32.1. The summed E-state index contributed by atoms with van der Waals surface area (Å²) >= 11 is 1.54. The fraction of sp³-hybridized carbons (Fsp3) is 0.167. The van der Waals surface area contributed by atoms with Gasteiger partial charge in [-0.25, -0.2) is 0 Å². The molecule has 1 aromatic heterocycles. The van der Waals surface area contributed by atoms with E-state index in [1.807, 2.05) is 29.6 Å². The van der Waals surface area contributed by atoms with Gasteiger partial charge < -0.3 is 10.4 Å². The lowest BCUT2D eigenvalue weighted by Gasteiger charge is -2.12. The highest BCUT2D eigenvalue weighted by Gasteiger charge is 2.17. The van der Waals surface area contributed by atoms with Crippen LogP contribution in [0.2, 0.25) is 0 Å². The van der Waals surface area contributed by atoms with Crippen LogP contribution in [-0.4, -0.2) is 22.5 Å². The monoisotopic (exact) mass is 356 g/mol. The molecule has 128 valence electrons. The summed E-state index contributed by atoms with van der Waals surface area (Å²) in [5.41, 5.74) is 1.50. The van der Waals surface area contributed by atoms with Crippen LogP contribution in [0.4, 0.5) is 5.69 Å². The molecule has 0 aliphatic carbocycles. The van der Waals surface area contributed by atoms with E-state index >= 15 is 0 Å². The van der Waals surface area contributed by atoms with E-state index in [1.165, 1.54) is 18.2 Å². The molecule has 0 radical (unpaired) electrons. The van der Waals surface area contributed by atoms with Crippen molar-refractivity contribution in [1.82, 2.24) is 5.32 Å². The number of nitrogens with zero attached hydrogens (tertiary/aromatic N) is 1. The lowest BCUT2D eigenvalue weighted by molar-refractivity contribution is -0.385. The van der Waals surface area contributed by atoms with Crippen molar-refractivity contribution in [3.63, 3.8) is 0 Å². The number of amides is 1. The second kappa shape index (κ2) is 7.00. The number of aryl methyl sites for hydroxylation is 1. The number of aliphatic hydroxyl groups excluding tert-OH is 1. The largest absolute Gasteiger partial charge is 0.387 e. The van der Waals surface area contributed by atoms with Gasteiger partial charge in [-0.15, -0.1) is 11.3 Å². The molecule has 1 amide bonds. The summed E-state index contributed by atoms with van der Waals surface area (Å²) in [6.45, 7) is 1.65. The second-order valence-electron chi connectivity index (χ2n) is 5.67. The molecular weight excluding hydrogens is 340 g/mol. The van der Waals surface area contributed by atoms with Gasteiger partial charge in [-0.05, 0) is 35.9 Å². The Hall–Kier alpha value is -2.77. The third kappa shape index (κ3) is 3.52. The zero-order valence-electron chi connectivity index (χ0n) is 13.4. The molecule has 1 heterocycles. The smallest absolute Gasteiger partial charge is 0.272 e. The SMILES string of the molecule is Cc1cc(C(=O)NCC(O)c2csc3ccccc23)ccc1[N+](=O)[O-]. The van der Waals surface area contributed by atoms with Crippen molar-refractivity contribution in [3.05, 3.63) is 74.6 Å². The number of aliphatic hydroxyl groups is 1. The van der Waals surface area contributed by atoms with Gasteiger partial charge in [0.2, 0.25) is 0 Å². The lowest BCUT2D eigenvalue weighted by atomic mass is 10.1. The van der Waals surface area contributed by atoms with E-state index in [1.54, 1.807) is 18.3 Å². The van der Waals surface area contributed by atoms with Gasteiger partial charge in [0, 0.05) is 34.0 Å². The molecule has 6 nitrogen and oxygen atoms in total. The maximum atomic E-state index is 12.2. The predicted octanol–water partition coefficient (Wildman–Crippen LogP) is 3.58. The van der Waals surface area contributed by atoms with Crippen molar-refractivity contribution in [2.45, 2.75) is 13.0 Å². The van der Waals surface area contributed by atoms with E-state index in [0.717, 1.165) is 15.6 Å². The fourth-order valence-corrected chi connectivity index (χ4v) is 3.67. The molecule has 0 saturated heterocycles. The van der Waals surface area contributed by atoms with Crippen molar-refractivity contribution in [1.29, 1.82) is 0 Å². The van der Waals surface area contributed by atoms with Gasteiger partial charge >= 0.3 is 0 Å². The minimum atomic E-state index is -0.820. The van der Waals surface area contributed by atoms with Crippen LogP contribution in [0, 0.1) is 17.0 Å².